The Morgan fingerprint density at radius 2 is 0.740 bits per heavy atom. The summed E-state index contributed by atoms with van der Waals surface area (Å²) in [7, 11) is 0. The van der Waals surface area contributed by atoms with Gasteiger partial charge in [-0.1, -0.05) is 158 Å². The van der Waals surface area contributed by atoms with E-state index < -0.39 is 0 Å². The molecule has 6 aromatic carbocycles. The molecule has 6 rings (SSSR count). The molecule has 50 heavy (non-hydrogen) atoms. The Bertz CT molecular complexity index is 1820. The zero-order chi connectivity index (χ0) is 34.4. The SMILES string of the molecule is CCN(CCc1ccccc1)c1cccc(C(=CC=C(c2ccccc2)c2ccccc2)c2cccc(N(CC)CCc3ccccc3)c2)c1. The second kappa shape index (κ2) is 17.7. The normalized spacial score (nSPS) is 10.7. The molecule has 0 N–H and O–H groups in total. The lowest BCUT2D eigenvalue weighted by Crippen LogP contribution is -2.25. The van der Waals surface area contributed by atoms with E-state index in [4.69, 9.17) is 0 Å². The van der Waals surface area contributed by atoms with Gasteiger partial charge in [0, 0.05) is 37.6 Å². The number of likely N-dealkylation sites (N-methyl/N-ethyl adjacent to an activating group) is 2. The molecular weight excluding hydrogens is 605 g/mol. The highest BCUT2D eigenvalue weighted by molar-refractivity contribution is 5.87. The number of nitrogens with zero attached hydrogens (tertiary/aromatic N) is 2. The zero-order valence-corrected chi connectivity index (χ0v) is 29.5. The molecule has 0 spiro atoms. The van der Waals surface area contributed by atoms with Crippen molar-refractivity contribution in [2.24, 2.45) is 0 Å². The lowest BCUT2D eigenvalue weighted by atomic mass is 9.93. The lowest BCUT2D eigenvalue weighted by Gasteiger charge is -2.25. The van der Waals surface area contributed by atoms with E-state index in [0.29, 0.717) is 0 Å². The number of hydrogen-bond acceptors (Lipinski definition) is 2. The molecule has 0 aliphatic rings. The molecule has 0 radical (unpaired) electrons. The molecule has 0 aromatic heterocycles. The van der Waals surface area contributed by atoms with Crippen molar-refractivity contribution in [1.29, 1.82) is 0 Å². The third-order valence-electron chi connectivity index (χ3n) is 9.42. The second-order valence-electron chi connectivity index (χ2n) is 12.6. The summed E-state index contributed by atoms with van der Waals surface area (Å²) in [4.78, 5) is 4.98. The molecule has 0 amide bonds. The van der Waals surface area contributed by atoms with E-state index in [2.05, 4.69) is 206 Å². The average molecular weight is 653 g/mol. The monoisotopic (exact) mass is 652 g/mol. The molecule has 0 saturated heterocycles. The van der Waals surface area contributed by atoms with Gasteiger partial charge < -0.3 is 9.80 Å². The Morgan fingerprint density at radius 1 is 0.400 bits per heavy atom. The van der Waals surface area contributed by atoms with Gasteiger partial charge in [0.1, 0.15) is 0 Å². The van der Waals surface area contributed by atoms with Crippen molar-refractivity contribution in [2.75, 3.05) is 36.0 Å². The van der Waals surface area contributed by atoms with E-state index in [1.165, 1.54) is 55.9 Å². The first-order chi connectivity index (χ1) is 24.7. The third-order valence-corrected chi connectivity index (χ3v) is 9.42. The maximum Gasteiger partial charge on any atom is 0.0372 e. The van der Waals surface area contributed by atoms with Crippen molar-refractivity contribution in [3.05, 3.63) is 215 Å². The van der Waals surface area contributed by atoms with Crippen molar-refractivity contribution in [1.82, 2.24) is 0 Å². The van der Waals surface area contributed by atoms with E-state index in [1.54, 1.807) is 0 Å². The summed E-state index contributed by atoms with van der Waals surface area (Å²) in [5, 5.41) is 0. The van der Waals surface area contributed by atoms with Crippen LogP contribution < -0.4 is 9.80 Å². The predicted octanol–water partition coefficient (Wildman–Crippen LogP) is 11.4. The summed E-state index contributed by atoms with van der Waals surface area (Å²) >= 11 is 0. The quantitative estimate of drug-likeness (QED) is 0.102. The van der Waals surface area contributed by atoms with Crippen LogP contribution in [0.4, 0.5) is 11.4 Å². The van der Waals surface area contributed by atoms with Crippen LogP contribution in [0.25, 0.3) is 11.1 Å². The van der Waals surface area contributed by atoms with Crippen molar-refractivity contribution >= 4 is 22.5 Å². The first kappa shape index (κ1) is 34.3. The molecule has 2 nitrogen and oxygen atoms in total. The van der Waals surface area contributed by atoms with E-state index in [-0.39, 0.29) is 0 Å². The Morgan fingerprint density at radius 3 is 1.12 bits per heavy atom. The van der Waals surface area contributed by atoms with E-state index in [0.717, 1.165) is 39.0 Å². The molecular formula is C48H48N2. The van der Waals surface area contributed by atoms with Gasteiger partial charge in [-0.15, -0.1) is 0 Å². The number of benzene rings is 6. The number of hydrogen-bond donors (Lipinski definition) is 0. The number of rotatable bonds is 15. The van der Waals surface area contributed by atoms with Gasteiger partial charge in [0.2, 0.25) is 0 Å². The molecule has 2 heteroatoms. The van der Waals surface area contributed by atoms with Crippen LogP contribution in [0.5, 0.6) is 0 Å². The van der Waals surface area contributed by atoms with Crippen LogP contribution in [0.2, 0.25) is 0 Å². The average Bonchev–Trinajstić information content (AvgIpc) is 3.19. The highest BCUT2D eigenvalue weighted by Crippen LogP contribution is 2.32. The van der Waals surface area contributed by atoms with Crippen LogP contribution in [0.15, 0.2) is 182 Å². The first-order valence-electron chi connectivity index (χ1n) is 18.0. The van der Waals surface area contributed by atoms with Gasteiger partial charge in [-0.3, -0.25) is 0 Å². The standard InChI is InChI=1S/C48H48N2/c1-3-49(35-33-39-19-9-5-10-20-39)45-29-17-27-43(37-45)48(32-31-47(41-23-13-7-14-24-41)42-25-15-8-16-26-42)44-28-18-30-46(38-44)50(4-2)36-34-40-21-11-6-12-22-40/h5-32,37-38H,3-4,33-36H2,1-2H3. The van der Waals surface area contributed by atoms with Crippen molar-refractivity contribution in [3.63, 3.8) is 0 Å². The van der Waals surface area contributed by atoms with E-state index in [9.17, 15) is 0 Å². The fraction of sp³-hybridized carbons (Fsp3) is 0.167. The van der Waals surface area contributed by atoms with Crippen molar-refractivity contribution in [3.8, 4) is 0 Å². The largest absolute Gasteiger partial charge is 0.371 e. The molecule has 0 bridgehead atoms. The van der Waals surface area contributed by atoms with E-state index >= 15 is 0 Å². The second-order valence-corrected chi connectivity index (χ2v) is 12.6. The van der Waals surface area contributed by atoms with Gasteiger partial charge in [-0.2, -0.15) is 0 Å². The minimum Gasteiger partial charge on any atom is -0.371 e. The van der Waals surface area contributed by atoms with Crippen molar-refractivity contribution in [2.45, 2.75) is 26.7 Å². The first-order valence-corrected chi connectivity index (χ1v) is 18.0. The number of allylic oxidation sites excluding steroid dienone is 2. The molecule has 0 unspecified atom stereocenters. The molecule has 0 atom stereocenters. The fourth-order valence-electron chi connectivity index (χ4n) is 6.62. The minimum atomic E-state index is 0.948. The van der Waals surface area contributed by atoms with E-state index in [1.807, 2.05) is 0 Å². The highest BCUT2D eigenvalue weighted by atomic mass is 15.1. The van der Waals surface area contributed by atoms with Gasteiger partial charge in [0.05, 0.1) is 0 Å². The zero-order valence-electron chi connectivity index (χ0n) is 29.5. The molecule has 0 saturated carbocycles. The Kier molecular flexibility index (Phi) is 12.1. The van der Waals surface area contributed by atoms with Crippen LogP contribution in [0.1, 0.15) is 47.2 Å². The minimum absolute atomic E-state index is 0.948. The lowest BCUT2D eigenvalue weighted by molar-refractivity contribution is 0.808. The van der Waals surface area contributed by atoms with Gasteiger partial charge in [-0.25, -0.2) is 0 Å². The Hall–Kier alpha value is -5.60. The van der Waals surface area contributed by atoms with Crippen LogP contribution >= 0.6 is 0 Å². The maximum atomic E-state index is 2.49. The summed E-state index contributed by atoms with van der Waals surface area (Å²) in [6, 6.07) is 61.2. The summed E-state index contributed by atoms with van der Waals surface area (Å²) in [5.74, 6) is 0. The molecule has 250 valence electrons. The maximum absolute atomic E-state index is 2.49. The predicted molar refractivity (Wildman–Crippen MR) is 216 cm³/mol. The third kappa shape index (κ3) is 9.09. The van der Waals surface area contributed by atoms with Gasteiger partial charge in [-0.05, 0) is 95.5 Å². The van der Waals surface area contributed by atoms with Crippen LogP contribution in [0, 0.1) is 0 Å². The van der Waals surface area contributed by atoms with Crippen LogP contribution in [-0.4, -0.2) is 26.2 Å². The molecule has 0 heterocycles. The summed E-state index contributed by atoms with van der Waals surface area (Å²) in [6.07, 6.45) is 6.66. The fourth-order valence-corrected chi connectivity index (χ4v) is 6.62. The van der Waals surface area contributed by atoms with Crippen LogP contribution in [0.3, 0.4) is 0 Å². The molecule has 6 aromatic rings. The summed E-state index contributed by atoms with van der Waals surface area (Å²) in [5.41, 5.74) is 12.5. The molecule has 0 fully saturated rings. The number of anilines is 2. The Balaban J connectivity index is 1.40. The molecule has 0 aliphatic carbocycles. The molecule has 0 aliphatic heterocycles. The van der Waals surface area contributed by atoms with Gasteiger partial charge >= 0.3 is 0 Å². The van der Waals surface area contributed by atoms with Crippen LogP contribution in [-0.2, 0) is 12.8 Å². The smallest absolute Gasteiger partial charge is 0.0372 e. The highest BCUT2D eigenvalue weighted by Gasteiger charge is 2.13. The Labute approximate surface area is 299 Å². The van der Waals surface area contributed by atoms with Gasteiger partial charge in [0.25, 0.3) is 0 Å². The topological polar surface area (TPSA) is 6.48 Å². The van der Waals surface area contributed by atoms with Crippen molar-refractivity contribution < 1.29 is 0 Å². The summed E-state index contributed by atoms with van der Waals surface area (Å²) in [6.45, 7) is 8.34. The van der Waals surface area contributed by atoms with Gasteiger partial charge in [0.15, 0.2) is 0 Å². The summed E-state index contributed by atoms with van der Waals surface area (Å²) < 4.78 is 0.